The number of anilines is 1. The number of phenols is 1. The van der Waals surface area contributed by atoms with Gasteiger partial charge < -0.3 is 10.4 Å². The van der Waals surface area contributed by atoms with Crippen LogP contribution in [0.2, 0.25) is 0 Å². The van der Waals surface area contributed by atoms with Gasteiger partial charge in [-0.3, -0.25) is 9.59 Å². The smallest absolute Gasteiger partial charge is 0.259 e. The molecule has 0 spiro atoms. The summed E-state index contributed by atoms with van der Waals surface area (Å²) in [5.41, 5.74) is 3.82. The van der Waals surface area contributed by atoms with Crippen molar-refractivity contribution in [3.05, 3.63) is 101 Å². The summed E-state index contributed by atoms with van der Waals surface area (Å²) in [6, 6.07) is 21.1. The van der Waals surface area contributed by atoms with E-state index in [9.17, 15) is 14.7 Å². The minimum atomic E-state index is -0.470. The van der Waals surface area contributed by atoms with Crippen LogP contribution in [0.15, 0.2) is 78.4 Å². The molecule has 4 nitrogen and oxygen atoms in total. The van der Waals surface area contributed by atoms with Crippen LogP contribution >= 0.6 is 0 Å². The number of hydrogen-bond acceptors (Lipinski definition) is 3. The third kappa shape index (κ3) is 4.84. The third-order valence-electron chi connectivity index (χ3n) is 4.94. The van der Waals surface area contributed by atoms with Crippen molar-refractivity contribution in [3.8, 4) is 5.75 Å². The van der Waals surface area contributed by atoms with Crippen molar-refractivity contribution >= 4 is 23.5 Å². The van der Waals surface area contributed by atoms with Crippen molar-refractivity contribution < 1.29 is 14.7 Å². The Morgan fingerprint density at radius 3 is 2.10 bits per heavy atom. The highest BCUT2D eigenvalue weighted by molar-refractivity contribution is 6.31. The van der Waals surface area contributed by atoms with E-state index < -0.39 is 5.91 Å². The molecule has 0 aliphatic rings. The van der Waals surface area contributed by atoms with Gasteiger partial charge in [0.15, 0.2) is 5.78 Å². The Kier molecular flexibility index (Phi) is 6.81. The summed E-state index contributed by atoms with van der Waals surface area (Å²) in [4.78, 5) is 26.5. The molecule has 0 aromatic heterocycles. The molecule has 152 valence electrons. The number of aryl methyl sites for hydroxylation is 2. The van der Waals surface area contributed by atoms with Gasteiger partial charge in [0.05, 0.1) is 5.57 Å². The van der Waals surface area contributed by atoms with Crippen molar-refractivity contribution in [1.29, 1.82) is 0 Å². The molecule has 4 heteroatoms. The van der Waals surface area contributed by atoms with Gasteiger partial charge in [-0.05, 0) is 47.7 Å². The fraction of sp³-hybridized carbons (Fsp3) is 0.154. The Bertz CT molecular complexity index is 1060. The standard InChI is InChI=1S/C26H25NO3/c1-3-19-13-9-14-20(4-2)24(19)27-26(30)23(17-18-10-8-15-22(28)16-18)25(29)21-11-6-5-7-12-21/h5-17,28H,3-4H2,1-2H3,(H,27,30)/b23-17+. The summed E-state index contributed by atoms with van der Waals surface area (Å²) in [5.74, 6) is -0.772. The predicted octanol–water partition coefficient (Wildman–Crippen LogP) is 5.42. The van der Waals surface area contributed by atoms with Gasteiger partial charge >= 0.3 is 0 Å². The number of benzene rings is 3. The Balaban J connectivity index is 2.05. The predicted molar refractivity (Wildman–Crippen MR) is 121 cm³/mol. The lowest BCUT2D eigenvalue weighted by molar-refractivity contribution is -0.112. The molecule has 3 rings (SSSR count). The molecule has 0 unspecified atom stereocenters. The lowest BCUT2D eigenvalue weighted by Crippen LogP contribution is -2.22. The molecule has 1 amide bonds. The lowest BCUT2D eigenvalue weighted by atomic mass is 9.98. The van der Waals surface area contributed by atoms with Crippen LogP contribution in [0.5, 0.6) is 5.75 Å². The molecule has 0 saturated heterocycles. The second kappa shape index (κ2) is 9.70. The first-order valence-corrected chi connectivity index (χ1v) is 10.1. The summed E-state index contributed by atoms with van der Waals surface area (Å²) in [7, 11) is 0. The van der Waals surface area contributed by atoms with Crippen molar-refractivity contribution in [2.45, 2.75) is 26.7 Å². The van der Waals surface area contributed by atoms with Crippen LogP contribution in [0.3, 0.4) is 0 Å². The highest BCUT2D eigenvalue weighted by Crippen LogP contribution is 2.25. The highest BCUT2D eigenvalue weighted by Gasteiger charge is 2.21. The number of ketones is 1. The number of hydrogen-bond donors (Lipinski definition) is 2. The zero-order chi connectivity index (χ0) is 21.5. The number of nitrogens with one attached hydrogen (secondary N) is 1. The van der Waals surface area contributed by atoms with Gasteiger partial charge in [0.2, 0.25) is 0 Å². The number of para-hydroxylation sites is 1. The topological polar surface area (TPSA) is 66.4 Å². The highest BCUT2D eigenvalue weighted by atomic mass is 16.3. The summed E-state index contributed by atoms with van der Waals surface area (Å²) in [6.07, 6.45) is 3.05. The Labute approximate surface area is 176 Å². The average molecular weight is 399 g/mol. The zero-order valence-corrected chi connectivity index (χ0v) is 17.2. The monoisotopic (exact) mass is 399 g/mol. The second-order valence-electron chi connectivity index (χ2n) is 6.96. The largest absolute Gasteiger partial charge is 0.508 e. The SMILES string of the molecule is CCc1cccc(CC)c1NC(=O)/C(=C/c1cccc(O)c1)C(=O)c1ccccc1. The molecule has 0 radical (unpaired) electrons. The number of rotatable bonds is 7. The summed E-state index contributed by atoms with van der Waals surface area (Å²) in [5, 5.41) is 12.8. The maximum atomic E-state index is 13.3. The molecule has 0 aliphatic heterocycles. The number of carbonyl (C=O) groups is 2. The molecule has 2 N–H and O–H groups in total. The normalized spacial score (nSPS) is 11.2. The van der Waals surface area contributed by atoms with Crippen LogP contribution in [-0.2, 0) is 17.6 Å². The van der Waals surface area contributed by atoms with E-state index in [2.05, 4.69) is 5.32 Å². The fourth-order valence-corrected chi connectivity index (χ4v) is 3.34. The zero-order valence-electron chi connectivity index (χ0n) is 17.2. The van der Waals surface area contributed by atoms with E-state index in [0.717, 1.165) is 29.7 Å². The van der Waals surface area contributed by atoms with E-state index in [-0.39, 0.29) is 17.1 Å². The number of phenolic OH excluding ortho intramolecular Hbond substituents is 1. The molecule has 0 saturated carbocycles. The van der Waals surface area contributed by atoms with Gasteiger partial charge in [-0.2, -0.15) is 0 Å². The van der Waals surface area contributed by atoms with Crippen LogP contribution in [0.25, 0.3) is 6.08 Å². The minimum Gasteiger partial charge on any atom is -0.508 e. The van der Waals surface area contributed by atoms with Gasteiger partial charge in [0.25, 0.3) is 5.91 Å². The molecule has 0 fully saturated rings. The lowest BCUT2D eigenvalue weighted by Gasteiger charge is -2.15. The summed E-state index contributed by atoms with van der Waals surface area (Å²) in [6.45, 7) is 4.06. The van der Waals surface area contributed by atoms with Crippen LogP contribution in [0.1, 0.15) is 40.9 Å². The van der Waals surface area contributed by atoms with Gasteiger partial charge in [-0.1, -0.05) is 74.5 Å². The molecular weight excluding hydrogens is 374 g/mol. The van der Waals surface area contributed by atoms with Crippen LogP contribution in [0, 0.1) is 0 Å². The van der Waals surface area contributed by atoms with E-state index in [0.29, 0.717) is 11.1 Å². The molecule has 30 heavy (non-hydrogen) atoms. The Morgan fingerprint density at radius 2 is 1.50 bits per heavy atom. The van der Waals surface area contributed by atoms with Crippen LogP contribution in [-0.4, -0.2) is 16.8 Å². The number of amides is 1. The van der Waals surface area contributed by atoms with E-state index in [1.54, 1.807) is 42.5 Å². The van der Waals surface area contributed by atoms with E-state index >= 15 is 0 Å². The van der Waals surface area contributed by atoms with E-state index in [1.807, 2.05) is 38.1 Å². The second-order valence-corrected chi connectivity index (χ2v) is 6.96. The molecule has 0 aliphatic carbocycles. The van der Waals surface area contributed by atoms with Crippen molar-refractivity contribution in [3.63, 3.8) is 0 Å². The van der Waals surface area contributed by atoms with Crippen LogP contribution < -0.4 is 5.32 Å². The summed E-state index contributed by atoms with van der Waals surface area (Å²) >= 11 is 0. The van der Waals surface area contributed by atoms with Crippen LogP contribution in [0.4, 0.5) is 5.69 Å². The van der Waals surface area contributed by atoms with Crippen molar-refractivity contribution in [2.75, 3.05) is 5.32 Å². The minimum absolute atomic E-state index is 0.0137. The fourth-order valence-electron chi connectivity index (χ4n) is 3.34. The molecule has 0 bridgehead atoms. The average Bonchev–Trinajstić information content (AvgIpc) is 2.77. The van der Waals surface area contributed by atoms with Gasteiger partial charge in [-0.25, -0.2) is 0 Å². The quantitative estimate of drug-likeness (QED) is 0.241. The molecule has 0 heterocycles. The van der Waals surface area contributed by atoms with E-state index in [1.165, 1.54) is 12.1 Å². The first kappa shape index (κ1) is 21.1. The Morgan fingerprint density at radius 1 is 0.867 bits per heavy atom. The molecular formula is C26H25NO3. The Hall–Kier alpha value is -3.66. The first-order chi connectivity index (χ1) is 14.5. The molecule has 0 atom stereocenters. The number of carbonyl (C=O) groups excluding carboxylic acids is 2. The van der Waals surface area contributed by atoms with Gasteiger partial charge in [0, 0.05) is 11.3 Å². The number of Topliss-reactive ketones (excluding diaryl/α,β-unsaturated/α-hetero) is 1. The van der Waals surface area contributed by atoms with Gasteiger partial charge in [-0.15, -0.1) is 0 Å². The molecule has 3 aromatic rings. The number of aromatic hydroxyl groups is 1. The van der Waals surface area contributed by atoms with Crippen molar-refractivity contribution in [2.24, 2.45) is 0 Å². The van der Waals surface area contributed by atoms with Gasteiger partial charge in [0.1, 0.15) is 5.75 Å². The van der Waals surface area contributed by atoms with Crippen molar-refractivity contribution in [1.82, 2.24) is 0 Å². The third-order valence-corrected chi connectivity index (χ3v) is 4.94. The maximum Gasteiger partial charge on any atom is 0.259 e. The summed E-state index contributed by atoms with van der Waals surface area (Å²) < 4.78 is 0. The molecule has 3 aromatic carbocycles. The van der Waals surface area contributed by atoms with E-state index in [4.69, 9.17) is 0 Å². The first-order valence-electron chi connectivity index (χ1n) is 10.1. The maximum absolute atomic E-state index is 13.3.